The minimum atomic E-state index is 0.333. The van der Waals surface area contributed by atoms with Crippen LogP contribution in [0.2, 0.25) is 5.02 Å². The van der Waals surface area contributed by atoms with Gasteiger partial charge < -0.3 is 14.2 Å². The number of aryl methyl sites for hydroxylation is 1. The first-order valence-corrected chi connectivity index (χ1v) is 12.6. The predicted molar refractivity (Wildman–Crippen MR) is 148 cm³/mol. The number of halogens is 1. The highest BCUT2D eigenvalue weighted by atomic mass is 35.5. The van der Waals surface area contributed by atoms with Crippen LogP contribution in [0.5, 0.6) is 17.2 Å². The van der Waals surface area contributed by atoms with Crippen molar-refractivity contribution in [2.45, 2.75) is 19.4 Å². The van der Waals surface area contributed by atoms with Crippen LogP contribution in [-0.2, 0) is 19.4 Å². The zero-order valence-electron chi connectivity index (χ0n) is 21.1. The lowest BCUT2D eigenvalue weighted by Gasteiger charge is -2.18. The van der Waals surface area contributed by atoms with Gasteiger partial charge in [-0.1, -0.05) is 66.2 Å². The van der Waals surface area contributed by atoms with Crippen molar-refractivity contribution in [3.05, 3.63) is 107 Å². The summed E-state index contributed by atoms with van der Waals surface area (Å²) in [4.78, 5) is 0. The van der Waals surface area contributed by atoms with Gasteiger partial charge in [0.25, 0.3) is 0 Å². The molecule has 1 heterocycles. The average Bonchev–Trinajstić information content (AvgIpc) is 3.51. The second-order valence-corrected chi connectivity index (χ2v) is 9.12. The van der Waals surface area contributed by atoms with E-state index in [1.165, 1.54) is 5.56 Å². The van der Waals surface area contributed by atoms with Gasteiger partial charge in [0.15, 0.2) is 0 Å². The van der Waals surface area contributed by atoms with Crippen LogP contribution >= 0.6 is 11.6 Å². The van der Waals surface area contributed by atoms with Crippen LogP contribution in [-0.4, -0.2) is 34.8 Å². The van der Waals surface area contributed by atoms with Crippen LogP contribution < -0.4 is 14.2 Å². The minimum absolute atomic E-state index is 0.333. The van der Waals surface area contributed by atoms with E-state index in [1.54, 1.807) is 14.2 Å². The highest BCUT2D eigenvalue weighted by Crippen LogP contribution is 2.39. The van der Waals surface area contributed by atoms with Crippen LogP contribution in [0.15, 0.2) is 84.9 Å². The van der Waals surface area contributed by atoms with E-state index in [1.807, 2.05) is 60.7 Å². The van der Waals surface area contributed by atoms with E-state index in [9.17, 15) is 0 Å². The molecular formula is C30H27ClN4O3. The Morgan fingerprint density at radius 3 is 2.16 bits per heavy atom. The predicted octanol–water partition coefficient (Wildman–Crippen LogP) is 6.57. The molecule has 8 heteroatoms. The fourth-order valence-corrected chi connectivity index (χ4v) is 4.57. The lowest BCUT2D eigenvalue weighted by atomic mass is 9.97. The third-order valence-electron chi connectivity index (χ3n) is 6.30. The summed E-state index contributed by atoms with van der Waals surface area (Å²) in [6, 6.07) is 28.0. The molecule has 0 saturated heterocycles. The van der Waals surface area contributed by atoms with Crippen LogP contribution in [0.4, 0.5) is 0 Å². The molecule has 5 rings (SSSR count). The number of methoxy groups -OCH3 is 2. The molecule has 4 aromatic carbocycles. The van der Waals surface area contributed by atoms with Gasteiger partial charge in [-0.05, 0) is 59.0 Å². The Hall–Kier alpha value is -4.36. The molecule has 0 aliphatic carbocycles. The highest BCUT2D eigenvalue weighted by molar-refractivity contribution is 6.31. The zero-order valence-corrected chi connectivity index (χ0v) is 21.9. The largest absolute Gasteiger partial charge is 0.497 e. The molecule has 1 N–H and O–H groups in total. The first-order chi connectivity index (χ1) is 18.6. The summed E-state index contributed by atoms with van der Waals surface area (Å²) in [6.45, 7) is 0.333. The van der Waals surface area contributed by atoms with E-state index < -0.39 is 0 Å². The topological polar surface area (TPSA) is 82.2 Å². The Labute approximate surface area is 226 Å². The van der Waals surface area contributed by atoms with Crippen LogP contribution in [0.3, 0.4) is 0 Å². The Morgan fingerprint density at radius 1 is 0.763 bits per heavy atom. The van der Waals surface area contributed by atoms with Gasteiger partial charge in [-0.2, -0.15) is 5.21 Å². The first-order valence-electron chi connectivity index (χ1n) is 12.2. The SMILES string of the molecule is COc1cc(COc2c(-c3ccccc3)ccc(Cl)c2CCc2ccc(-c3nn[nH]n3)cc2)cc(OC)c1. The molecule has 0 fully saturated rings. The summed E-state index contributed by atoms with van der Waals surface area (Å²) in [7, 11) is 3.27. The lowest BCUT2D eigenvalue weighted by Crippen LogP contribution is -2.04. The number of hydrogen-bond acceptors (Lipinski definition) is 6. The summed E-state index contributed by atoms with van der Waals surface area (Å²) in [5, 5.41) is 14.9. The third kappa shape index (κ3) is 5.79. The molecule has 0 unspecified atom stereocenters. The number of ether oxygens (including phenoxy) is 3. The second-order valence-electron chi connectivity index (χ2n) is 8.71. The number of nitrogens with zero attached hydrogens (tertiary/aromatic N) is 3. The maximum absolute atomic E-state index is 6.78. The molecule has 192 valence electrons. The summed E-state index contributed by atoms with van der Waals surface area (Å²) < 4.78 is 17.4. The lowest BCUT2D eigenvalue weighted by molar-refractivity contribution is 0.302. The summed E-state index contributed by atoms with van der Waals surface area (Å²) in [6.07, 6.45) is 1.49. The van der Waals surface area contributed by atoms with Crippen LogP contribution in [0, 0.1) is 0 Å². The molecule has 5 aromatic rings. The average molecular weight is 527 g/mol. The van der Waals surface area contributed by atoms with Gasteiger partial charge in [0.2, 0.25) is 5.82 Å². The fraction of sp³-hybridized carbons (Fsp3) is 0.167. The molecule has 0 saturated carbocycles. The van der Waals surface area contributed by atoms with Crippen molar-refractivity contribution in [3.63, 3.8) is 0 Å². The summed E-state index contributed by atoms with van der Waals surface area (Å²) >= 11 is 6.78. The highest BCUT2D eigenvalue weighted by Gasteiger charge is 2.17. The van der Waals surface area contributed by atoms with E-state index in [-0.39, 0.29) is 0 Å². The van der Waals surface area contributed by atoms with Gasteiger partial charge in [-0.3, -0.25) is 0 Å². The number of rotatable bonds is 10. The van der Waals surface area contributed by atoms with E-state index in [0.717, 1.165) is 40.0 Å². The van der Waals surface area contributed by atoms with E-state index in [2.05, 4.69) is 44.9 Å². The van der Waals surface area contributed by atoms with Crippen molar-refractivity contribution in [1.29, 1.82) is 0 Å². The number of nitrogens with one attached hydrogen (secondary N) is 1. The number of benzene rings is 4. The smallest absolute Gasteiger partial charge is 0.204 e. The van der Waals surface area contributed by atoms with E-state index in [4.69, 9.17) is 25.8 Å². The van der Waals surface area contributed by atoms with Crippen molar-refractivity contribution >= 4 is 11.6 Å². The minimum Gasteiger partial charge on any atom is -0.497 e. The van der Waals surface area contributed by atoms with Gasteiger partial charge in [0, 0.05) is 27.8 Å². The Balaban J connectivity index is 1.44. The van der Waals surface area contributed by atoms with Crippen molar-refractivity contribution in [2.24, 2.45) is 0 Å². The number of tetrazole rings is 1. The van der Waals surface area contributed by atoms with Crippen LogP contribution in [0.1, 0.15) is 16.7 Å². The summed E-state index contributed by atoms with van der Waals surface area (Å²) in [5.41, 5.74) is 6.03. The van der Waals surface area contributed by atoms with Crippen molar-refractivity contribution in [1.82, 2.24) is 20.6 Å². The molecule has 0 aliphatic rings. The number of aromatic nitrogens is 4. The molecule has 0 bridgehead atoms. The first kappa shape index (κ1) is 25.3. The monoisotopic (exact) mass is 526 g/mol. The van der Waals surface area contributed by atoms with Crippen LogP contribution in [0.25, 0.3) is 22.5 Å². The van der Waals surface area contributed by atoms with Gasteiger partial charge in [0.1, 0.15) is 23.9 Å². The summed E-state index contributed by atoms with van der Waals surface area (Å²) in [5.74, 6) is 2.76. The molecule has 0 atom stereocenters. The van der Waals surface area contributed by atoms with Gasteiger partial charge in [-0.25, -0.2) is 0 Å². The van der Waals surface area contributed by atoms with E-state index in [0.29, 0.717) is 35.4 Å². The number of aromatic amines is 1. The molecule has 0 spiro atoms. The van der Waals surface area contributed by atoms with Crippen molar-refractivity contribution < 1.29 is 14.2 Å². The molecule has 0 amide bonds. The molecule has 0 radical (unpaired) electrons. The number of hydrogen-bond donors (Lipinski definition) is 1. The van der Waals surface area contributed by atoms with Crippen molar-refractivity contribution in [3.8, 4) is 39.8 Å². The molecule has 0 aliphatic heterocycles. The van der Waals surface area contributed by atoms with Gasteiger partial charge in [-0.15, -0.1) is 10.2 Å². The quantitative estimate of drug-likeness (QED) is 0.222. The molecule has 38 heavy (non-hydrogen) atoms. The molecular weight excluding hydrogens is 500 g/mol. The fourth-order valence-electron chi connectivity index (χ4n) is 4.33. The maximum atomic E-state index is 6.78. The van der Waals surface area contributed by atoms with Gasteiger partial charge in [0.05, 0.1) is 14.2 Å². The molecule has 7 nitrogen and oxygen atoms in total. The number of H-pyrrole nitrogens is 1. The zero-order chi connectivity index (χ0) is 26.3. The maximum Gasteiger partial charge on any atom is 0.204 e. The normalized spacial score (nSPS) is 10.8. The Kier molecular flexibility index (Phi) is 7.85. The molecule has 1 aromatic heterocycles. The Bertz CT molecular complexity index is 1470. The second kappa shape index (κ2) is 11.8. The van der Waals surface area contributed by atoms with E-state index >= 15 is 0 Å². The standard InChI is InChI=1S/C30H27ClN4O3/c1-36-24-16-21(17-25(18-24)37-2)19-38-29-26(22-6-4-3-5-7-22)14-15-28(31)27(29)13-10-20-8-11-23(12-9-20)30-32-34-35-33-30/h3-9,11-12,14-18H,10,13,19H2,1-2H3,(H,32,33,34,35). The Morgan fingerprint density at radius 2 is 1.50 bits per heavy atom. The van der Waals surface area contributed by atoms with Crippen molar-refractivity contribution in [2.75, 3.05) is 14.2 Å². The third-order valence-corrected chi connectivity index (χ3v) is 6.66. The van der Waals surface area contributed by atoms with Gasteiger partial charge >= 0.3 is 0 Å².